The van der Waals surface area contributed by atoms with E-state index in [-0.39, 0.29) is 5.43 Å². The van der Waals surface area contributed by atoms with Crippen LogP contribution in [0.2, 0.25) is 0 Å². The van der Waals surface area contributed by atoms with E-state index in [1.807, 2.05) is 30.5 Å². The lowest BCUT2D eigenvalue weighted by molar-refractivity contribution is 1.30. The molecule has 1 aromatic carbocycles. The Bertz CT molecular complexity index is 502. The van der Waals surface area contributed by atoms with Gasteiger partial charge in [-0.25, -0.2) is 0 Å². The van der Waals surface area contributed by atoms with Gasteiger partial charge in [-0.1, -0.05) is 12.1 Å². The zero-order valence-electron chi connectivity index (χ0n) is 8.36. The normalized spacial score (nSPS) is 10.2. The lowest BCUT2D eigenvalue weighted by Gasteiger charge is -2.01. The molecule has 15 heavy (non-hydrogen) atoms. The summed E-state index contributed by atoms with van der Waals surface area (Å²) in [4.78, 5) is 15.4. The summed E-state index contributed by atoms with van der Waals surface area (Å²) >= 11 is 1.70. The van der Waals surface area contributed by atoms with Crippen molar-refractivity contribution in [1.29, 1.82) is 0 Å². The van der Waals surface area contributed by atoms with E-state index in [1.165, 1.54) is 11.0 Å². The van der Waals surface area contributed by atoms with Crippen molar-refractivity contribution in [2.75, 3.05) is 6.26 Å². The van der Waals surface area contributed by atoms with Crippen molar-refractivity contribution in [1.82, 2.24) is 4.98 Å². The second-order valence-electron chi connectivity index (χ2n) is 3.17. The second kappa shape index (κ2) is 4.36. The van der Waals surface area contributed by atoms with E-state index < -0.39 is 0 Å². The molecule has 0 aliphatic heterocycles. The summed E-state index contributed by atoms with van der Waals surface area (Å²) < 4.78 is 0. The van der Waals surface area contributed by atoms with Crippen molar-refractivity contribution < 1.29 is 0 Å². The van der Waals surface area contributed by atoms with E-state index in [9.17, 15) is 4.79 Å². The van der Waals surface area contributed by atoms with E-state index in [2.05, 4.69) is 4.98 Å². The van der Waals surface area contributed by atoms with Gasteiger partial charge in [0, 0.05) is 28.9 Å². The number of aromatic amines is 1. The number of hydrogen-bond donors (Lipinski definition) is 1. The minimum atomic E-state index is 0.0256. The van der Waals surface area contributed by atoms with E-state index >= 15 is 0 Å². The average molecular weight is 217 g/mol. The van der Waals surface area contributed by atoms with Crippen LogP contribution in [0.1, 0.15) is 0 Å². The van der Waals surface area contributed by atoms with Crippen LogP contribution in [-0.2, 0) is 0 Å². The van der Waals surface area contributed by atoms with Gasteiger partial charge in [-0.2, -0.15) is 0 Å². The van der Waals surface area contributed by atoms with Crippen LogP contribution >= 0.6 is 11.8 Å². The van der Waals surface area contributed by atoms with Crippen LogP contribution in [0.3, 0.4) is 0 Å². The largest absolute Gasteiger partial charge is 0.361 e. The Morgan fingerprint density at radius 2 is 1.87 bits per heavy atom. The van der Waals surface area contributed by atoms with Gasteiger partial charge in [-0.05, 0) is 24.0 Å². The molecule has 0 aliphatic carbocycles. The van der Waals surface area contributed by atoms with Gasteiger partial charge in [0.2, 0.25) is 0 Å². The Hall–Kier alpha value is -1.48. The highest BCUT2D eigenvalue weighted by Gasteiger charge is 1.98. The summed E-state index contributed by atoms with van der Waals surface area (Å²) in [5.41, 5.74) is 1.92. The lowest BCUT2D eigenvalue weighted by atomic mass is 10.1. The van der Waals surface area contributed by atoms with Crippen molar-refractivity contribution in [2.45, 2.75) is 4.90 Å². The van der Waals surface area contributed by atoms with Crippen LogP contribution in [0.5, 0.6) is 0 Å². The van der Waals surface area contributed by atoms with Crippen molar-refractivity contribution in [3.8, 4) is 11.3 Å². The molecule has 1 N–H and O–H groups in total. The first-order chi connectivity index (χ1) is 7.29. The molecule has 0 fully saturated rings. The molecule has 1 heterocycles. The van der Waals surface area contributed by atoms with E-state index in [0.717, 1.165) is 11.3 Å². The minimum Gasteiger partial charge on any atom is -0.361 e. The molecule has 2 aromatic rings. The Morgan fingerprint density at radius 1 is 1.13 bits per heavy atom. The smallest absolute Gasteiger partial charge is 0.182 e. The molecular weight excluding hydrogens is 206 g/mol. The molecule has 0 amide bonds. The number of rotatable bonds is 2. The first kappa shape index (κ1) is 10.1. The monoisotopic (exact) mass is 217 g/mol. The highest BCUT2D eigenvalue weighted by molar-refractivity contribution is 7.98. The third-order valence-corrected chi connectivity index (χ3v) is 2.92. The fraction of sp³-hybridized carbons (Fsp3) is 0.0833. The predicted molar refractivity (Wildman–Crippen MR) is 64.3 cm³/mol. The third-order valence-electron chi connectivity index (χ3n) is 2.17. The summed E-state index contributed by atoms with van der Waals surface area (Å²) in [7, 11) is 0. The number of thioether (sulfide) groups is 1. The van der Waals surface area contributed by atoms with Crippen molar-refractivity contribution in [3.63, 3.8) is 0 Å². The van der Waals surface area contributed by atoms with Gasteiger partial charge >= 0.3 is 0 Å². The Morgan fingerprint density at radius 3 is 2.47 bits per heavy atom. The minimum absolute atomic E-state index is 0.0256. The SMILES string of the molecule is CSc1ccc(-c2cc(=O)cc[nH]2)cc1. The Labute approximate surface area is 92.4 Å². The molecule has 0 bridgehead atoms. The van der Waals surface area contributed by atoms with Crippen LogP contribution < -0.4 is 5.43 Å². The van der Waals surface area contributed by atoms with Crippen LogP contribution in [0, 0.1) is 0 Å². The topological polar surface area (TPSA) is 32.9 Å². The lowest BCUT2D eigenvalue weighted by Crippen LogP contribution is -1.97. The van der Waals surface area contributed by atoms with Gasteiger partial charge in [-0.3, -0.25) is 4.79 Å². The molecule has 0 saturated heterocycles. The maximum Gasteiger partial charge on any atom is 0.182 e. The maximum atomic E-state index is 11.2. The predicted octanol–water partition coefficient (Wildman–Crippen LogP) is 2.76. The molecule has 2 nitrogen and oxygen atoms in total. The number of benzene rings is 1. The zero-order chi connectivity index (χ0) is 10.7. The number of aromatic nitrogens is 1. The quantitative estimate of drug-likeness (QED) is 0.785. The molecule has 0 aliphatic rings. The standard InChI is InChI=1S/C12H11NOS/c1-15-11-4-2-9(3-5-11)12-8-10(14)6-7-13-12/h2-8H,1H3,(H,13,14). The molecule has 0 atom stereocenters. The maximum absolute atomic E-state index is 11.2. The first-order valence-corrected chi connectivity index (χ1v) is 5.85. The molecule has 2 rings (SSSR count). The molecule has 1 aromatic heterocycles. The van der Waals surface area contributed by atoms with Gasteiger partial charge in [0.05, 0.1) is 0 Å². The molecule has 0 saturated carbocycles. The fourth-order valence-electron chi connectivity index (χ4n) is 1.38. The van der Waals surface area contributed by atoms with Crippen LogP contribution in [0.25, 0.3) is 11.3 Å². The zero-order valence-corrected chi connectivity index (χ0v) is 9.17. The van der Waals surface area contributed by atoms with Crippen LogP contribution in [0.4, 0.5) is 0 Å². The first-order valence-electron chi connectivity index (χ1n) is 4.63. The second-order valence-corrected chi connectivity index (χ2v) is 4.05. The van der Waals surface area contributed by atoms with E-state index in [4.69, 9.17) is 0 Å². The van der Waals surface area contributed by atoms with Gasteiger partial charge in [-0.15, -0.1) is 11.8 Å². The van der Waals surface area contributed by atoms with Crippen LogP contribution in [-0.4, -0.2) is 11.2 Å². The summed E-state index contributed by atoms with van der Waals surface area (Å²) in [6.45, 7) is 0. The summed E-state index contributed by atoms with van der Waals surface area (Å²) in [6, 6.07) is 11.2. The average Bonchev–Trinajstić information content (AvgIpc) is 2.29. The summed E-state index contributed by atoms with van der Waals surface area (Å²) in [5, 5.41) is 0. The molecule has 0 spiro atoms. The number of pyridine rings is 1. The summed E-state index contributed by atoms with van der Waals surface area (Å²) in [5.74, 6) is 0. The third kappa shape index (κ3) is 2.30. The molecule has 3 heteroatoms. The fourth-order valence-corrected chi connectivity index (χ4v) is 1.79. The van der Waals surface area contributed by atoms with E-state index in [0.29, 0.717) is 0 Å². The van der Waals surface area contributed by atoms with Gasteiger partial charge in [0.25, 0.3) is 0 Å². The number of H-pyrrole nitrogens is 1. The summed E-state index contributed by atoms with van der Waals surface area (Å²) in [6.07, 6.45) is 3.71. The number of hydrogen-bond acceptors (Lipinski definition) is 2. The van der Waals surface area contributed by atoms with Crippen molar-refractivity contribution >= 4 is 11.8 Å². The highest BCUT2D eigenvalue weighted by Crippen LogP contribution is 2.20. The Balaban J connectivity index is 2.41. The molecule has 76 valence electrons. The van der Waals surface area contributed by atoms with Crippen molar-refractivity contribution in [2.24, 2.45) is 0 Å². The highest BCUT2D eigenvalue weighted by atomic mass is 32.2. The van der Waals surface area contributed by atoms with Gasteiger partial charge < -0.3 is 4.98 Å². The number of nitrogens with one attached hydrogen (secondary N) is 1. The Kier molecular flexibility index (Phi) is 2.92. The molecular formula is C12H11NOS. The van der Waals surface area contributed by atoms with Crippen LogP contribution in [0.15, 0.2) is 52.3 Å². The van der Waals surface area contributed by atoms with E-state index in [1.54, 1.807) is 24.0 Å². The van der Waals surface area contributed by atoms with Crippen molar-refractivity contribution in [3.05, 3.63) is 52.8 Å². The van der Waals surface area contributed by atoms with Gasteiger partial charge in [0.1, 0.15) is 0 Å². The van der Waals surface area contributed by atoms with Gasteiger partial charge in [0.15, 0.2) is 5.43 Å². The molecule has 0 radical (unpaired) electrons. The molecule has 0 unspecified atom stereocenters.